The number of aliphatic hydroxyl groups is 1. The van der Waals surface area contributed by atoms with Gasteiger partial charge < -0.3 is 5.11 Å². The molecule has 0 fully saturated rings. The first-order chi connectivity index (χ1) is 4.74. The van der Waals surface area contributed by atoms with Crippen LogP contribution in [0.1, 0.15) is 19.8 Å². The van der Waals surface area contributed by atoms with Gasteiger partial charge in [-0.15, -0.1) is 0 Å². The van der Waals surface area contributed by atoms with Crippen LogP contribution in [0.25, 0.3) is 0 Å². The minimum absolute atomic E-state index is 0.419. The predicted molar refractivity (Wildman–Crippen MR) is 38.2 cm³/mol. The zero-order chi connectivity index (χ0) is 7.56. The Morgan fingerprint density at radius 3 is 2.90 bits per heavy atom. The molecule has 0 unspecified atom stereocenters. The molecule has 0 radical (unpaired) electrons. The highest BCUT2D eigenvalue weighted by molar-refractivity contribution is 5.23. The monoisotopic (exact) mass is 142 g/mol. The molecular weight excluding hydrogens is 131 g/mol. The Hall–Kier alpha value is -0.630. The van der Waals surface area contributed by atoms with Crippen LogP contribution in [0.5, 0.6) is 0 Å². The van der Waals surface area contributed by atoms with E-state index in [2.05, 4.69) is 0 Å². The van der Waals surface area contributed by atoms with Gasteiger partial charge in [-0.3, -0.25) is 0 Å². The first kappa shape index (κ1) is 7.48. The summed E-state index contributed by atoms with van der Waals surface area (Å²) in [4.78, 5) is 0. The fourth-order valence-corrected chi connectivity index (χ4v) is 0.985. The molecule has 0 saturated carbocycles. The second kappa shape index (κ2) is 2.97. The van der Waals surface area contributed by atoms with Crippen LogP contribution in [0.2, 0.25) is 0 Å². The third kappa shape index (κ3) is 1.45. The molecule has 1 atom stereocenters. The van der Waals surface area contributed by atoms with Crippen LogP contribution >= 0.6 is 0 Å². The van der Waals surface area contributed by atoms with Gasteiger partial charge in [0.25, 0.3) is 0 Å². The summed E-state index contributed by atoms with van der Waals surface area (Å²) in [7, 11) is 0. The van der Waals surface area contributed by atoms with Crippen molar-refractivity contribution in [3.63, 3.8) is 0 Å². The number of hydrogen-bond donors (Lipinski definition) is 1. The topological polar surface area (TPSA) is 20.2 Å². The lowest BCUT2D eigenvalue weighted by molar-refractivity contribution is 0.180. The van der Waals surface area contributed by atoms with Crippen LogP contribution in [-0.2, 0) is 0 Å². The molecule has 0 spiro atoms. The molecule has 56 valence electrons. The molecule has 1 aliphatic rings. The Bertz CT molecular complexity index is 182. The molecular formula is C8H11FO. The van der Waals surface area contributed by atoms with Crippen molar-refractivity contribution in [1.29, 1.82) is 0 Å². The molecule has 1 N–H and O–H groups in total. The maximum atomic E-state index is 12.5. The molecule has 0 bridgehead atoms. The summed E-state index contributed by atoms with van der Waals surface area (Å²) < 4.78 is 12.5. The largest absolute Gasteiger partial charge is 0.386 e. The van der Waals surface area contributed by atoms with Crippen molar-refractivity contribution in [2.45, 2.75) is 25.9 Å². The lowest BCUT2D eigenvalue weighted by Crippen LogP contribution is -2.10. The summed E-state index contributed by atoms with van der Waals surface area (Å²) >= 11 is 0. The van der Waals surface area contributed by atoms with Crippen LogP contribution in [-0.4, -0.2) is 11.2 Å². The molecule has 1 aliphatic carbocycles. The van der Waals surface area contributed by atoms with Gasteiger partial charge in [-0.05, 0) is 12.5 Å². The summed E-state index contributed by atoms with van der Waals surface area (Å²) in [6.45, 7) is 2.00. The van der Waals surface area contributed by atoms with Crippen molar-refractivity contribution in [2.24, 2.45) is 0 Å². The number of halogens is 1. The highest BCUT2D eigenvalue weighted by atomic mass is 19.1. The van der Waals surface area contributed by atoms with E-state index in [0.29, 0.717) is 6.42 Å². The van der Waals surface area contributed by atoms with Crippen molar-refractivity contribution < 1.29 is 9.50 Å². The Kier molecular flexibility index (Phi) is 2.22. The van der Waals surface area contributed by atoms with E-state index in [1.807, 2.05) is 6.92 Å². The lowest BCUT2D eigenvalue weighted by atomic mass is 10.0. The summed E-state index contributed by atoms with van der Waals surface area (Å²) in [5, 5.41) is 9.00. The van der Waals surface area contributed by atoms with Crippen molar-refractivity contribution in [2.75, 3.05) is 0 Å². The second-order valence-corrected chi connectivity index (χ2v) is 2.45. The third-order valence-electron chi connectivity index (χ3n) is 1.71. The molecule has 0 saturated heterocycles. The number of rotatable bonds is 1. The van der Waals surface area contributed by atoms with E-state index in [1.165, 1.54) is 6.08 Å². The van der Waals surface area contributed by atoms with Crippen molar-refractivity contribution >= 4 is 0 Å². The quantitative estimate of drug-likeness (QED) is 0.593. The summed E-state index contributed by atoms with van der Waals surface area (Å²) in [5.41, 5.74) is 1.11. The third-order valence-corrected chi connectivity index (χ3v) is 1.71. The Morgan fingerprint density at radius 2 is 2.40 bits per heavy atom. The molecule has 0 aromatic carbocycles. The molecule has 0 aromatic rings. The number of allylic oxidation sites excluding steroid dienone is 2. The molecule has 1 nitrogen and oxygen atoms in total. The Morgan fingerprint density at radius 1 is 1.70 bits per heavy atom. The highest BCUT2D eigenvalue weighted by Crippen LogP contribution is 2.21. The van der Waals surface area contributed by atoms with E-state index in [1.54, 1.807) is 6.08 Å². The van der Waals surface area contributed by atoms with Crippen LogP contribution in [0.3, 0.4) is 0 Å². The van der Waals surface area contributed by atoms with Crippen LogP contribution in [0.4, 0.5) is 4.39 Å². The zero-order valence-electron chi connectivity index (χ0n) is 5.97. The fourth-order valence-electron chi connectivity index (χ4n) is 0.985. The zero-order valence-corrected chi connectivity index (χ0v) is 5.97. The van der Waals surface area contributed by atoms with E-state index < -0.39 is 11.9 Å². The molecule has 0 amide bonds. The first-order valence-corrected chi connectivity index (χ1v) is 3.47. The average molecular weight is 142 g/mol. The maximum Gasteiger partial charge on any atom is 0.129 e. The van der Waals surface area contributed by atoms with Gasteiger partial charge in [-0.1, -0.05) is 18.6 Å². The fraction of sp³-hybridized carbons (Fsp3) is 0.500. The van der Waals surface area contributed by atoms with E-state index in [0.717, 1.165) is 12.0 Å². The Balaban J connectivity index is 2.68. The smallest absolute Gasteiger partial charge is 0.129 e. The molecule has 0 aromatic heterocycles. The van der Waals surface area contributed by atoms with Gasteiger partial charge in [0, 0.05) is 6.42 Å². The summed E-state index contributed by atoms with van der Waals surface area (Å²) in [5.74, 6) is -0.419. The average Bonchev–Trinajstić information content (AvgIpc) is 1.95. The van der Waals surface area contributed by atoms with Gasteiger partial charge in [0.1, 0.15) is 11.9 Å². The molecule has 1 rings (SSSR count). The van der Waals surface area contributed by atoms with E-state index in [4.69, 9.17) is 5.11 Å². The van der Waals surface area contributed by atoms with Crippen LogP contribution in [0, 0.1) is 0 Å². The SMILES string of the molecule is CCC1=CC=C(F)[C@H](O)C1. The molecule has 2 heteroatoms. The highest BCUT2D eigenvalue weighted by Gasteiger charge is 2.14. The van der Waals surface area contributed by atoms with E-state index >= 15 is 0 Å². The first-order valence-electron chi connectivity index (χ1n) is 3.47. The van der Waals surface area contributed by atoms with Gasteiger partial charge in [-0.25, -0.2) is 4.39 Å². The van der Waals surface area contributed by atoms with Crippen molar-refractivity contribution in [1.82, 2.24) is 0 Å². The van der Waals surface area contributed by atoms with Crippen LogP contribution in [0.15, 0.2) is 23.6 Å². The van der Waals surface area contributed by atoms with Gasteiger partial charge in [0.15, 0.2) is 0 Å². The normalized spacial score (nSPS) is 25.7. The number of hydrogen-bond acceptors (Lipinski definition) is 1. The predicted octanol–water partition coefficient (Wildman–Crippen LogP) is 1.94. The standard InChI is InChI=1S/C8H11FO/c1-2-6-3-4-7(9)8(10)5-6/h3-4,8,10H,2,5H2,1H3/t8-/m1/s1. The summed E-state index contributed by atoms with van der Waals surface area (Å²) in [6.07, 6.45) is 3.54. The molecule has 0 heterocycles. The second-order valence-electron chi connectivity index (χ2n) is 2.45. The Labute approximate surface area is 59.9 Å². The minimum Gasteiger partial charge on any atom is -0.386 e. The van der Waals surface area contributed by atoms with Gasteiger partial charge in [0.2, 0.25) is 0 Å². The van der Waals surface area contributed by atoms with E-state index in [9.17, 15) is 4.39 Å². The van der Waals surface area contributed by atoms with E-state index in [-0.39, 0.29) is 0 Å². The molecule has 10 heavy (non-hydrogen) atoms. The van der Waals surface area contributed by atoms with Crippen LogP contribution < -0.4 is 0 Å². The van der Waals surface area contributed by atoms with Gasteiger partial charge >= 0.3 is 0 Å². The van der Waals surface area contributed by atoms with Crippen molar-refractivity contribution in [3.8, 4) is 0 Å². The number of aliphatic hydroxyl groups excluding tert-OH is 1. The lowest BCUT2D eigenvalue weighted by Gasteiger charge is -2.13. The minimum atomic E-state index is -0.889. The summed E-state index contributed by atoms with van der Waals surface area (Å²) in [6, 6.07) is 0. The van der Waals surface area contributed by atoms with Crippen molar-refractivity contribution in [3.05, 3.63) is 23.6 Å². The van der Waals surface area contributed by atoms with Gasteiger partial charge in [0.05, 0.1) is 0 Å². The van der Waals surface area contributed by atoms with Gasteiger partial charge in [-0.2, -0.15) is 0 Å². The maximum absolute atomic E-state index is 12.5. The molecule has 0 aliphatic heterocycles.